The van der Waals surface area contributed by atoms with Gasteiger partial charge in [0.05, 0.1) is 31.5 Å². The number of carbonyl (C=O) groups is 5. The molecule has 18 heteroatoms. The van der Waals surface area contributed by atoms with E-state index in [1.807, 2.05) is 37.5 Å². The van der Waals surface area contributed by atoms with E-state index in [1.165, 1.54) is 19.1 Å². The molecule has 6 rings (SSSR count). The normalized spacial score (nSPS) is 36.3. The molecule has 1 aromatic rings. The van der Waals surface area contributed by atoms with Gasteiger partial charge in [0.2, 0.25) is 5.79 Å². The van der Waals surface area contributed by atoms with Gasteiger partial charge in [-0.05, 0) is 102 Å². The molecule has 2 saturated heterocycles. The van der Waals surface area contributed by atoms with Crippen molar-refractivity contribution in [3.8, 4) is 0 Å². The van der Waals surface area contributed by atoms with Gasteiger partial charge >= 0.3 is 12.1 Å². The molecule has 0 spiro atoms. The van der Waals surface area contributed by atoms with Crippen molar-refractivity contribution in [2.75, 3.05) is 33.9 Å². The largest absolute Gasteiger partial charge is 0.456 e. The summed E-state index contributed by atoms with van der Waals surface area (Å²) in [5.74, 6) is -7.36. The smallest absolute Gasteiger partial charge is 0.410 e. The van der Waals surface area contributed by atoms with Crippen LogP contribution in [0.2, 0.25) is 0 Å². The van der Waals surface area contributed by atoms with E-state index in [4.69, 9.17) is 23.7 Å². The lowest BCUT2D eigenvalue weighted by Crippen LogP contribution is -2.64. The number of ketones is 2. The molecule has 1 aromatic heterocycles. The summed E-state index contributed by atoms with van der Waals surface area (Å²) in [6.07, 6.45) is 8.86. The quantitative estimate of drug-likeness (QED) is 0.183. The maximum atomic E-state index is 14.5. The maximum absolute atomic E-state index is 14.5. The molecule has 378 valence electrons. The molecule has 4 aliphatic heterocycles. The highest BCUT2D eigenvalue weighted by molar-refractivity contribution is 6.39. The Morgan fingerprint density at radius 3 is 2.38 bits per heavy atom. The third-order valence-electron chi connectivity index (χ3n) is 14.9. The average molecular weight is 954 g/mol. The topological polar surface area (TPSA) is 229 Å². The molecule has 2 bridgehead atoms. The first-order chi connectivity index (χ1) is 32.5. The molecule has 2 amide bonds. The number of aliphatic hydroxyl groups excluding tert-OH is 2. The zero-order valence-electron chi connectivity index (χ0n) is 41.0. The van der Waals surface area contributed by atoms with Crippen molar-refractivity contribution in [1.29, 1.82) is 0 Å². The summed E-state index contributed by atoms with van der Waals surface area (Å²) >= 11 is 0. The van der Waals surface area contributed by atoms with E-state index in [0.29, 0.717) is 88.8 Å². The Bertz CT molecular complexity index is 2010. The van der Waals surface area contributed by atoms with Crippen LogP contribution >= 0.6 is 0 Å². The lowest BCUT2D eigenvalue weighted by atomic mass is 9.82. The van der Waals surface area contributed by atoms with Gasteiger partial charge in [0.25, 0.3) is 11.7 Å². The Labute approximate surface area is 400 Å². The summed E-state index contributed by atoms with van der Waals surface area (Å²) in [7, 11) is 3.03. The van der Waals surface area contributed by atoms with Gasteiger partial charge in [-0.1, -0.05) is 50.6 Å². The van der Waals surface area contributed by atoms with Gasteiger partial charge in [-0.25, -0.2) is 9.59 Å². The van der Waals surface area contributed by atoms with Crippen LogP contribution in [0.3, 0.4) is 0 Å². The zero-order chi connectivity index (χ0) is 49.3. The number of cyclic esters (lactones) is 1. The minimum absolute atomic E-state index is 0.0225. The van der Waals surface area contributed by atoms with Crippen molar-refractivity contribution in [2.45, 2.75) is 173 Å². The third-order valence-corrected chi connectivity index (χ3v) is 14.9. The van der Waals surface area contributed by atoms with Crippen molar-refractivity contribution in [3.05, 3.63) is 47.6 Å². The predicted octanol–water partition coefficient (Wildman–Crippen LogP) is 4.63. The van der Waals surface area contributed by atoms with E-state index in [2.05, 4.69) is 10.2 Å². The van der Waals surface area contributed by atoms with Crippen LogP contribution in [0.5, 0.6) is 0 Å². The molecule has 5 heterocycles. The SMILES string of the molecule is CO[C@H]1C[C@@H](C)C/C(C)=C/[C@@H](C/C=C/CO)C(=O)C[C@H](O)[C@@H](C)[C@@H](/C(C)=C/C2CCC(OC(=O)N3CCn4cnnc4C3)CC2)OC(=O)[C@@H]2CCCCN2C(=O)C(=O)[C@]2(O)O[C@H]1[C@@H](OC)C[C@H]2C. The number of aliphatic hydroxyl groups is 3. The molecule has 3 fully saturated rings. The number of aromatic nitrogens is 3. The van der Waals surface area contributed by atoms with E-state index in [9.17, 15) is 39.3 Å². The third kappa shape index (κ3) is 12.7. The summed E-state index contributed by atoms with van der Waals surface area (Å²) in [5.41, 5.74) is 1.56. The van der Waals surface area contributed by atoms with Gasteiger partial charge in [-0.3, -0.25) is 19.3 Å². The molecule has 68 heavy (non-hydrogen) atoms. The van der Waals surface area contributed by atoms with Crippen LogP contribution in [-0.2, 0) is 56.0 Å². The van der Waals surface area contributed by atoms with E-state index < -0.39 is 77.8 Å². The fraction of sp³-hybridized carbons (Fsp3) is 0.740. The van der Waals surface area contributed by atoms with E-state index in [-0.39, 0.29) is 62.2 Å². The Morgan fingerprint density at radius 1 is 0.956 bits per heavy atom. The molecule has 11 atom stereocenters. The number of carbonyl (C=O) groups excluding carboxylic acids is 5. The molecular weight excluding hydrogens is 879 g/mol. The number of esters is 1. The van der Waals surface area contributed by atoms with Gasteiger partial charge in [0.15, 0.2) is 5.82 Å². The first-order valence-electron chi connectivity index (χ1n) is 24.6. The second-order valence-electron chi connectivity index (χ2n) is 20.0. The van der Waals surface area contributed by atoms with Crippen LogP contribution in [0.25, 0.3) is 0 Å². The van der Waals surface area contributed by atoms with Crippen LogP contribution in [-0.4, -0.2) is 152 Å². The number of piperidine rings is 1. The number of rotatable bonds is 8. The molecule has 1 saturated carbocycles. The highest BCUT2D eigenvalue weighted by Gasteiger charge is 2.56. The summed E-state index contributed by atoms with van der Waals surface area (Å²) in [6, 6.07) is -1.18. The Hall–Kier alpha value is -4.33. The van der Waals surface area contributed by atoms with E-state index in [1.54, 1.807) is 37.2 Å². The average Bonchev–Trinajstić information content (AvgIpc) is 3.81. The van der Waals surface area contributed by atoms with Crippen molar-refractivity contribution in [3.63, 3.8) is 0 Å². The fourth-order valence-electron chi connectivity index (χ4n) is 10.8. The summed E-state index contributed by atoms with van der Waals surface area (Å²) in [4.78, 5) is 73.4. The van der Waals surface area contributed by atoms with Crippen LogP contribution in [0, 0.1) is 29.6 Å². The molecule has 0 unspecified atom stereocenters. The molecule has 1 aliphatic carbocycles. The van der Waals surface area contributed by atoms with Gasteiger partial charge in [0, 0.05) is 58.0 Å². The van der Waals surface area contributed by atoms with Crippen LogP contribution in [0.15, 0.2) is 41.8 Å². The van der Waals surface area contributed by atoms with Crippen molar-refractivity contribution in [1.82, 2.24) is 24.6 Å². The number of Topliss-reactive ketones (excluding diaryl/α,β-unsaturated/α-hetero) is 2. The number of allylic oxidation sites excluding steroid dienone is 4. The fourth-order valence-corrected chi connectivity index (χ4v) is 10.8. The van der Waals surface area contributed by atoms with E-state index >= 15 is 0 Å². The Balaban J connectivity index is 1.27. The number of nitrogens with zero attached hydrogens (tertiary/aromatic N) is 5. The minimum atomic E-state index is -2.54. The molecular formula is C50H75N5O13. The first kappa shape index (κ1) is 53.0. The number of hydrogen-bond acceptors (Lipinski definition) is 15. The number of methoxy groups -OCH3 is 2. The second-order valence-corrected chi connectivity index (χ2v) is 20.0. The number of hydrogen-bond donors (Lipinski definition) is 3. The van der Waals surface area contributed by atoms with Crippen molar-refractivity contribution >= 4 is 29.5 Å². The maximum Gasteiger partial charge on any atom is 0.410 e. The predicted molar refractivity (Wildman–Crippen MR) is 247 cm³/mol. The van der Waals surface area contributed by atoms with Crippen molar-refractivity contribution < 1.29 is 63.0 Å². The lowest BCUT2D eigenvalue weighted by Gasteiger charge is -2.47. The minimum Gasteiger partial charge on any atom is -0.456 e. The zero-order valence-corrected chi connectivity index (χ0v) is 41.0. The van der Waals surface area contributed by atoms with Gasteiger partial charge in [-0.2, -0.15) is 0 Å². The highest BCUT2D eigenvalue weighted by atomic mass is 16.7. The van der Waals surface area contributed by atoms with Crippen LogP contribution in [0.4, 0.5) is 4.79 Å². The summed E-state index contributed by atoms with van der Waals surface area (Å²) < 4.78 is 32.3. The first-order valence-corrected chi connectivity index (χ1v) is 24.6. The molecule has 5 aliphatic rings. The summed E-state index contributed by atoms with van der Waals surface area (Å²) in [6.45, 7) is 10.4. The number of ether oxygens (including phenoxy) is 5. The van der Waals surface area contributed by atoms with Gasteiger partial charge < -0.3 is 48.5 Å². The van der Waals surface area contributed by atoms with Crippen molar-refractivity contribution in [2.24, 2.45) is 29.6 Å². The van der Waals surface area contributed by atoms with Gasteiger partial charge in [0.1, 0.15) is 36.5 Å². The van der Waals surface area contributed by atoms with Gasteiger partial charge in [-0.15, -0.1) is 10.2 Å². The Morgan fingerprint density at radius 2 is 1.68 bits per heavy atom. The van der Waals surface area contributed by atoms with Crippen LogP contribution < -0.4 is 0 Å². The Kier molecular flexibility index (Phi) is 18.7. The highest BCUT2D eigenvalue weighted by Crippen LogP contribution is 2.39. The second kappa shape index (κ2) is 24.0. The molecule has 18 nitrogen and oxygen atoms in total. The van der Waals surface area contributed by atoms with Crippen LogP contribution in [0.1, 0.15) is 117 Å². The number of amides is 2. The standard InChI is InChI=1S/C50H75N5O13/c1-30-22-31(2)24-41(64-6)45-42(65-7)26-33(4)50(63,68-45)46(59)47(60)55-18-10-8-13-38(55)48(61)67-44(34(5)39(57)27-40(58)36(23-30)12-9-11-21-56)32(3)25-35-14-16-37(17-15-35)66-49(62)53-19-20-54-29-51-52-43(54)28-53/h9,11,23,25,29,31,33-39,41-42,44-45,56-57,63H,8,10,12-22,24,26-28H2,1-7H3/b11-9+,30-23+,32-25+/t31-,33+,34+,35?,36+,37?,38-,39-,41-,42-,44+,45+,50+/m0/s1. The monoisotopic (exact) mass is 954 g/mol. The molecule has 3 N–H and O–H groups in total. The summed E-state index contributed by atoms with van der Waals surface area (Å²) in [5, 5.41) is 41.6. The lowest BCUT2D eigenvalue weighted by molar-refractivity contribution is -0.302. The van der Waals surface area contributed by atoms with E-state index in [0.717, 1.165) is 5.57 Å². The molecule has 0 radical (unpaired) electrons. The molecule has 0 aromatic carbocycles. The number of fused-ring (bicyclic) bond motifs is 4.